The van der Waals surface area contributed by atoms with Crippen molar-refractivity contribution >= 4 is 12.2 Å². The van der Waals surface area contributed by atoms with E-state index in [0.717, 1.165) is 19.4 Å². The van der Waals surface area contributed by atoms with Crippen molar-refractivity contribution in [1.29, 1.82) is 0 Å². The van der Waals surface area contributed by atoms with Crippen LogP contribution in [0.2, 0.25) is 0 Å². The Morgan fingerprint density at radius 1 is 1.38 bits per heavy atom. The molecule has 0 radical (unpaired) electrons. The van der Waals surface area contributed by atoms with E-state index in [9.17, 15) is 9.59 Å². The summed E-state index contributed by atoms with van der Waals surface area (Å²) >= 11 is 0. The monoisotopic (exact) mass is 184 g/mol. The van der Waals surface area contributed by atoms with E-state index in [1.165, 1.54) is 6.42 Å². The van der Waals surface area contributed by atoms with E-state index < -0.39 is 12.2 Å². The molecule has 1 heterocycles. The molecule has 2 bridgehead atoms. The van der Waals surface area contributed by atoms with Crippen LogP contribution in [0.3, 0.4) is 0 Å². The lowest BCUT2D eigenvalue weighted by Gasteiger charge is -2.24. The second-order valence-electron chi connectivity index (χ2n) is 3.67. The molecule has 5 heteroatoms. The average molecular weight is 184 g/mol. The van der Waals surface area contributed by atoms with Gasteiger partial charge in [0.25, 0.3) is 0 Å². The third-order valence-electron chi connectivity index (χ3n) is 2.83. The Bertz CT molecular complexity index is 254. The summed E-state index contributed by atoms with van der Waals surface area (Å²) in [6, 6.07) is 0.275. The first-order valence-corrected chi connectivity index (χ1v) is 4.44. The predicted molar refractivity (Wildman–Crippen MR) is 43.9 cm³/mol. The normalized spacial score (nSPS) is 30.6. The standard InChI is InChI=1S/C8H12N2O3/c9-7(11)13-8(12)10-4-5-1-2-6(10)3-5/h5-6H,1-4H2,(H2,9,11). The van der Waals surface area contributed by atoms with Crippen LogP contribution in [-0.4, -0.2) is 29.7 Å². The van der Waals surface area contributed by atoms with Crippen molar-refractivity contribution in [3.63, 3.8) is 0 Å². The fourth-order valence-electron chi connectivity index (χ4n) is 2.29. The average Bonchev–Trinajstić information content (AvgIpc) is 2.62. The number of nitrogens with zero attached hydrogens (tertiary/aromatic N) is 1. The molecular formula is C8H12N2O3. The molecule has 2 fully saturated rings. The number of nitrogens with two attached hydrogens (primary N) is 1. The predicted octanol–water partition coefficient (Wildman–Crippen LogP) is 0.686. The number of rotatable bonds is 0. The van der Waals surface area contributed by atoms with Gasteiger partial charge in [0, 0.05) is 12.6 Å². The van der Waals surface area contributed by atoms with Crippen LogP contribution in [0, 0.1) is 5.92 Å². The van der Waals surface area contributed by atoms with Crippen LogP contribution < -0.4 is 5.73 Å². The quantitative estimate of drug-likeness (QED) is 0.563. The van der Waals surface area contributed by atoms with Crippen LogP contribution in [0.1, 0.15) is 19.3 Å². The molecule has 13 heavy (non-hydrogen) atoms. The summed E-state index contributed by atoms with van der Waals surface area (Å²) in [5.41, 5.74) is 4.75. The summed E-state index contributed by atoms with van der Waals surface area (Å²) in [6.07, 6.45) is 1.66. The van der Waals surface area contributed by atoms with Gasteiger partial charge in [-0.05, 0) is 25.2 Å². The van der Waals surface area contributed by atoms with Crippen molar-refractivity contribution in [1.82, 2.24) is 4.90 Å². The molecule has 1 saturated heterocycles. The summed E-state index contributed by atoms with van der Waals surface area (Å²) in [5, 5.41) is 0. The summed E-state index contributed by atoms with van der Waals surface area (Å²) < 4.78 is 4.31. The second-order valence-corrected chi connectivity index (χ2v) is 3.67. The van der Waals surface area contributed by atoms with Crippen molar-refractivity contribution in [3.8, 4) is 0 Å². The molecule has 1 saturated carbocycles. The van der Waals surface area contributed by atoms with Crippen LogP contribution in [0.4, 0.5) is 9.59 Å². The second kappa shape index (κ2) is 2.90. The van der Waals surface area contributed by atoms with E-state index in [0.29, 0.717) is 5.92 Å². The molecule has 1 aliphatic heterocycles. The molecule has 0 spiro atoms. The number of likely N-dealkylation sites (tertiary alicyclic amines) is 1. The van der Waals surface area contributed by atoms with E-state index in [2.05, 4.69) is 4.74 Å². The van der Waals surface area contributed by atoms with Gasteiger partial charge >= 0.3 is 12.2 Å². The molecule has 0 aromatic heterocycles. The number of carbonyl (C=O) groups is 2. The Hall–Kier alpha value is -1.26. The summed E-state index contributed by atoms with van der Waals surface area (Å²) in [4.78, 5) is 23.2. The molecule has 0 aromatic rings. The molecular weight excluding hydrogens is 172 g/mol. The number of primary amides is 1. The fraction of sp³-hybridized carbons (Fsp3) is 0.750. The van der Waals surface area contributed by atoms with Crippen molar-refractivity contribution in [2.75, 3.05) is 6.54 Å². The van der Waals surface area contributed by atoms with Crippen molar-refractivity contribution < 1.29 is 14.3 Å². The number of piperidine rings is 1. The van der Waals surface area contributed by atoms with Gasteiger partial charge in [-0.15, -0.1) is 0 Å². The van der Waals surface area contributed by atoms with Gasteiger partial charge in [-0.25, -0.2) is 9.59 Å². The Morgan fingerprint density at radius 3 is 2.62 bits per heavy atom. The lowest BCUT2D eigenvalue weighted by atomic mass is 10.1. The van der Waals surface area contributed by atoms with Crippen molar-refractivity contribution in [2.45, 2.75) is 25.3 Å². The first kappa shape index (κ1) is 8.34. The first-order chi connectivity index (χ1) is 6.16. The largest absolute Gasteiger partial charge is 0.419 e. The van der Waals surface area contributed by atoms with Crippen LogP contribution in [-0.2, 0) is 4.74 Å². The molecule has 2 atom stereocenters. The molecule has 2 N–H and O–H groups in total. The van der Waals surface area contributed by atoms with Gasteiger partial charge in [-0.1, -0.05) is 0 Å². The molecule has 0 aromatic carbocycles. The van der Waals surface area contributed by atoms with E-state index in [-0.39, 0.29) is 6.04 Å². The van der Waals surface area contributed by atoms with E-state index in [1.54, 1.807) is 4.90 Å². The van der Waals surface area contributed by atoms with Crippen LogP contribution >= 0.6 is 0 Å². The van der Waals surface area contributed by atoms with Gasteiger partial charge < -0.3 is 15.4 Å². The van der Waals surface area contributed by atoms with Gasteiger partial charge in [0.2, 0.25) is 0 Å². The maximum absolute atomic E-state index is 11.2. The topological polar surface area (TPSA) is 72.6 Å². The van der Waals surface area contributed by atoms with E-state index in [1.807, 2.05) is 0 Å². The number of hydrogen-bond donors (Lipinski definition) is 1. The summed E-state index contributed by atoms with van der Waals surface area (Å²) in [6.45, 7) is 0.719. The van der Waals surface area contributed by atoms with Gasteiger partial charge in [-0.2, -0.15) is 0 Å². The van der Waals surface area contributed by atoms with Crippen LogP contribution in [0.15, 0.2) is 0 Å². The maximum Gasteiger partial charge on any atom is 0.419 e. The maximum atomic E-state index is 11.2. The number of carbonyl (C=O) groups excluding carboxylic acids is 2. The van der Waals surface area contributed by atoms with E-state index in [4.69, 9.17) is 5.73 Å². The number of amides is 2. The van der Waals surface area contributed by atoms with Gasteiger partial charge in [-0.3, -0.25) is 0 Å². The van der Waals surface area contributed by atoms with Gasteiger partial charge in [0.05, 0.1) is 0 Å². The lowest BCUT2D eigenvalue weighted by molar-refractivity contribution is 0.111. The SMILES string of the molecule is NC(=O)OC(=O)N1CC2CCC1C2. The number of hydrogen-bond acceptors (Lipinski definition) is 3. The highest BCUT2D eigenvalue weighted by molar-refractivity contribution is 5.82. The highest BCUT2D eigenvalue weighted by atomic mass is 16.6. The van der Waals surface area contributed by atoms with Crippen LogP contribution in [0.25, 0.3) is 0 Å². The third-order valence-corrected chi connectivity index (χ3v) is 2.83. The summed E-state index contributed by atoms with van der Waals surface area (Å²) in [5.74, 6) is 0.602. The smallest absolute Gasteiger partial charge is 0.359 e. The van der Waals surface area contributed by atoms with Crippen molar-refractivity contribution in [3.05, 3.63) is 0 Å². The minimum Gasteiger partial charge on any atom is -0.359 e. The lowest BCUT2D eigenvalue weighted by Crippen LogP contribution is -2.39. The zero-order valence-corrected chi connectivity index (χ0v) is 7.23. The highest BCUT2D eigenvalue weighted by Gasteiger charge is 2.41. The van der Waals surface area contributed by atoms with E-state index >= 15 is 0 Å². The molecule has 1 aliphatic carbocycles. The fourth-order valence-corrected chi connectivity index (χ4v) is 2.29. The minimum atomic E-state index is -1.02. The zero-order chi connectivity index (χ0) is 9.42. The molecule has 2 amide bonds. The molecule has 2 unspecified atom stereocenters. The van der Waals surface area contributed by atoms with Gasteiger partial charge in [0.1, 0.15) is 0 Å². The Morgan fingerprint density at radius 2 is 2.15 bits per heavy atom. The van der Waals surface area contributed by atoms with Crippen molar-refractivity contribution in [2.24, 2.45) is 11.7 Å². The molecule has 5 nitrogen and oxygen atoms in total. The zero-order valence-electron chi connectivity index (χ0n) is 7.23. The molecule has 2 aliphatic rings. The minimum absolute atomic E-state index is 0.275. The van der Waals surface area contributed by atoms with Crippen LogP contribution in [0.5, 0.6) is 0 Å². The highest BCUT2D eigenvalue weighted by Crippen LogP contribution is 2.37. The Labute approximate surface area is 75.8 Å². The molecule has 2 rings (SSSR count). The third kappa shape index (κ3) is 1.46. The Kier molecular flexibility index (Phi) is 1.86. The summed E-state index contributed by atoms with van der Waals surface area (Å²) in [7, 11) is 0. The molecule has 72 valence electrons. The number of ether oxygens (including phenoxy) is 1. The Balaban J connectivity index is 1.95. The number of fused-ring (bicyclic) bond motifs is 2. The first-order valence-electron chi connectivity index (χ1n) is 4.44. The van der Waals surface area contributed by atoms with Gasteiger partial charge in [0.15, 0.2) is 0 Å².